The van der Waals surface area contributed by atoms with Crippen LogP contribution in [0.3, 0.4) is 0 Å². The van der Waals surface area contributed by atoms with Crippen LogP contribution in [0.2, 0.25) is 0 Å². The molecule has 2 aromatic rings. The van der Waals surface area contributed by atoms with Gasteiger partial charge in [0.15, 0.2) is 5.78 Å². The Morgan fingerprint density at radius 2 is 1.68 bits per heavy atom. The minimum absolute atomic E-state index is 0.0453. The maximum Gasteiger partial charge on any atom is 0.262 e. The van der Waals surface area contributed by atoms with E-state index in [1.165, 1.54) is 11.1 Å². The minimum atomic E-state index is -2.47. The number of ketones is 2. The number of amides is 2. The van der Waals surface area contributed by atoms with Crippen LogP contribution in [0.4, 0.5) is 8.78 Å². The molecule has 0 aromatic heterocycles. The third-order valence-electron chi connectivity index (χ3n) is 9.45. The van der Waals surface area contributed by atoms with Gasteiger partial charge in [-0.25, -0.2) is 8.78 Å². The molecule has 6 nitrogen and oxygen atoms in total. The Kier molecular flexibility index (Phi) is 6.72. The molecule has 6 rings (SSSR count). The second-order valence-corrected chi connectivity index (χ2v) is 12.3. The first kappa shape index (κ1) is 26.9. The quantitative estimate of drug-likeness (QED) is 0.372. The summed E-state index contributed by atoms with van der Waals surface area (Å²) in [4.78, 5) is 54.1. The highest BCUT2D eigenvalue weighted by molar-refractivity contribution is 6.24. The summed E-state index contributed by atoms with van der Waals surface area (Å²) in [6.45, 7) is 4.59. The summed E-state index contributed by atoms with van der Waals surface area (Å²) in [5.41, 5.74) is 4.86. The first-order chi connectivity index (χ1) is 19.0. The molecule has 2 amide bonds. The van der Waals surface area contributed by atoms with E-state index in [0.29, 0.717) is 24.0 Å². The number of benzene rings is 2. The lowest BCUT2D eigenvalue weighted by Gasteiger charge is -2.51. The van der Waals surface area contributed by atoms with Crippen LogP contribution in [0.1, 0.15) is 87.9 Å². The van der Waals surface area contributed by atoms with Gasteiger partial charge in [0.25, 0.3) is 11.8 Å². The topological polar surface area (TPSA) is 74.8 Å². The fourth-order valence-corrected chi connectivity index (χ4v) is 7.19. The van der Waals surface area contributed by atoms with Crippen LogP contribution >= 0.6 is 0 Å². The van der Waals surface area contributed by atoms with Crippen molar-refractivity contribution in [1.82, 2.24) is 9.80 Å². The van der Waals surface area contributed by atoms with Gasteiger partial charge in [0.05, 0.1) is 23.6 Å². The summed E-state index contributed by atoms with van der Waals surface area (Å²) in [5.74, 6) is -3.87. The van der Waals surface area contributed by atoms with Crippen molar-refractivity contribution in [2.24, 2.45) is 5.41 Å². The second-order valence-electron chi connectivity index (χ2n) is 12.3. The summed E-state index contributed by atoms with van der Waals surface area (Å²) >= 11 is 0. The van der Waals surface area contributed by atoms with Crippen molar-refractivity contribution < 1.29 is 28.0 Å². The van der Waals surface area contributed by atoms with Gasteiger partial charge in [-0.3, -0.25) is 29.0 Å². The van der Waals surface area contributed by atoms with Crippen LogP contribution in [0.25, 0.3) is 0 Å². The molecule has 2 saturated carbocycles. The molecule has 8 heteroatoms. The lowest BCUT2D eigenvalue weighted by atomic mass is 9.61. The van der Waals surface area contributed by atoms with Crippen LogP contribution in [0, 0.1) is 12.3 Å². The normalized spacial score (nSPS) is 24.0. The molecule has 2 aliphatic carbocycles. The molecule has 1 saturated heterocycles. The maximum atomic E-state index is 13.4. The molecule has 3 fully saturated rings. The first-order valence-electron chi connectivity index (χ1n) is 14.3. The van der Waals surface area contributed by atoms with E-state index >= 15 is 0 Å². The van der Waals surface area contributed by atoms with Crippen molar-refractivity contribution in [2.45, 2.75) is 83.2 Å². The lowest BCUT2D eigenvalue weighted by Crippen LogP contribution is -2.52. The number of fused-ring (bicyclic) bond motifs is 1. The monoisotopic (exact) mass is 548 g/mol. The van der Waals surface area contributed by atoms with Gasteiger partial charge in [-0.05, 0) is 85.9 Å². The number of carbonyl (C=O) groups is 4. The molecule has 2 aromatic carbocycles. The number of hydrogen-bond donors (Lipinski definition) is 0. The smallest absolute Gasteiger partial charge is 0.262 e. The van der Waals surface area contributed by atoms with Crippen molar-refractivity contribution in [3.05, 3.63) is 69.8 Å². The van der Waals surface area contributed by atoms with Crippen molar-refractivity contribution in [3.8, 4) is 0 Å². The Balaban J connectivity index is 1.09. The van der Waals surface area contributed by atoms with Crippen molar-refractivity contribution in [3.63, 3.8) is 0 Å². The predicted octanol–water partition coefficient (Wildman–Crippen LogP) is 5.08. The molecular formula is C32H34F2N2O4. The molecule has 4 aliphatic rings. The zero-order chi connectivity index (χ0) is 28.2. The van der Waals surface area contributed by atoms with Gasteiger partial charge in [-0.2, -0.15) is 0 Å². The standard InChI is InChI=1S/C32H34F2N2O4/c1-20-15-21(6-8-23(20)17-35-13-11-31(12-14-35)18-32(33,34)19-31)5-7-22-3-2-4-25-28(22)30(40)36(29(25)39)26-10-9-24(37)16-27(26)38/h2-4,6,8,15,26H,5,7,9-14,16-19H2,1H3. The SMILES string of the molecule is Cc1cc(CCc2cccc3c2C(=O)N(C2CCC(=O)CC2=O)C3=O)ccc1CN1CCC2(CC1)CC(F)(F)C2. The molecule has 2 heterocycles. The Morgan fingerprint density at radius 3 is 2.35 bits per heavy atom. The fraction of sp³-hybridized carbons (Fsp3) is 0.500. The molecule has 1 atom stereocenters. The number of imide groups is 1. The first-order valence-corrected chi connectivity index (χ1v) is 14.3. The van der Waals surface area contributed by atoms with E-state index in [4.69, 9.17) is 0 Å². The highest BCUT2D eigenvalue weighted by atomic mass is 19.3. The van der Waals surface area contributed by atoms with E-state index in [0.717, 1.165) is 48.5 Å². The zero-order valence-electron chi connectivity index (χ0n) is 22.8. The van der Waals surface area contributed by atoms with E-state index in [1.807, 2.05) is 6.07 Å². The maximum absolute atomic E-state index is 13.4. The number of aryl methyl sites for hydroxylation is 3. The number of carbonyl (C=O) groups excluding carboxylic acids is 4. The third kappa shape index (κ3) is 4.91. The average molecular weight is 549 g/mol. The molecule has 1 spiro atoms. The van der Waals surface area contributed by atoms with Crippen molar-refractivity contribution in [2.75, 3.05) is 13.1 Å². The number of rotatable bonds is 6. The Hall–Kier alpha value is -3.26. The summed E-state index contributed by atoms with van der Waals surface area (Å²) in [6, 6.07) is 10.8. The second kappa shape index (κ2) is 9.98. The van der Waals surface area contributed by atoms with Crippen LogP contribution in [0.15, 0.2) is 36.4 Å². The highest BCUT2D eigenvalue weighted by Gasteiger charge is 2.56. The largest absolute Gasteiger partial charge is 0.299 e. The van der Waals surface area contributed by atoms with Crippen LogP contribution in [-0.2, 0) is 29.0 Å². The Morgan fingerprint density at radius 1 is 0.925 bits per heavy atom. The lowest BCUT2D eigenvalue weighted by molar-refractivity contribution is -0.178. The number of piperidine rings is 1. The number of nitrogens with zero attached hydrogens (tertiary/aromatic N) is 2. The number of hydrogen-bond acceptors (Lipinski definition) is 5. The molecule has 1 unspecified atom stereocenters. The van der Waals surface area contributed by atoms with E-state index in [-0.39, 0.29) is 49.1 Å². The Labute approximate surface area is 232 Å². The van der Waals surface area contributed by atoms with E-state index in [2.05, 4.69) is 30.0 Å². The summed E-state index contributed by atoms with van der Waals surface area (Å²) in [7, 11) is 0. The minimum Gasteiger partial charge on any atom is -0.299 e. The van der Waals surface area contributed by atoms with Crippen LogP contribution in [-0.4, -0.2) is 58.2 Å². The predicted molar refractivity (Wildman–Crippen MR) is 144 cm³/mol. The van der Waals surface area contributed by atoms with Crippen molar-refractivity contribution in [1.29, 1.82) is 0 Å². The number of alkyl halides is 2. The summed E-state index contributed by atoms with van der Waals surface area (Å²) in [6.07, 6.45) is 3.20. The summed E-state index contributed by atoms with van der Waals surface area (Å²) < 4.78 is 26.9. The molecule has 0 bridgehead atoms. The molecule has 0 radical (unpaired) electrons. The van der Waals surface area contributed by atoms with E-state index < -0.39 is 23.8 Å². The molecule has 0 N–H and O–H groups in total. The molecule has 2 aliphatic heterocycles. The van der Waals surface area contributed by atoms with Crippen molar-refractivity contribution >= 4 is 23.4 Å². The number of likely N-dealkylation sites (tertiary alicyclic amines) is 1. The van der Waals surface area contributed by atoms with E-state index in [1.54, 1.807) is 12.1 Å². The van der Waals surface area contributed by atoms with Gasteiger partial charge in [0.1, 0.15) is 5.78 Å². The Bertz CT molecular complexity index is 1400. The van der Waals surface area contributed by atoms with Gasteiger partial charge >= 0.3 is 0 Å². The van der Waals surface area contributed by atoms with Gasteiger partial charge in [-0.1, -0.05) is 30.3 Å². The average Bonchev–Trinajstić information content (AvgIpc) is 3.15. The summed E-state index contributed by atoms with van der Waals surface area (Å²) in [5, 5.41) is 0. The molecule has 210 valence electrons. The molecular weight excluding hydrogens is 514 g/mol. The number of Topliss-reactive ketones (excluding diaryl/α,β-unsaturated/α-hetero) is 2. The van der Waals surface area contributed by atoms with E-state index in [9.17, 15) is 28.0 Å². The highest BCUT2D eigenvalue weighted by Crippen LogP contribution is 2.57. The van der Waals surface area contributed by atoms with Gasteiger partial charge in [0, 0.05) is 25.8 Å². The zero-order valence-corrected chi connectivity index (χ0v) is 22.8. The number of halogens is 2. The third-order valence-corrected chi connectivity index (χ3v) is 9.45. The molecule has 40 heavy (non-hydrogen) atoms. The fourth-order valence-electron chi connectivity index (χ4n) is 7.19. The van der Waals surface area contributed by atoms with Gasteiger partial charge in [-0.15, -0.1) is 0 Å². The van der Waals surface area contributed by atoms with Gasteiger partial charge in [0.2, 0.25) is 5.92 Å². The van der Waals surface area contributed by atoms with Gasteiger partial charge < -0.3 is 0 Å². The van der Waals surface area contributed by atoms with Crippen LogP contribution in [0.5, 0.6) is 0 Å². The van der Waals surface area contributed by atoms with Crippen LogP contribution < -0.4 is 0 Å².